The molecule has 0 bridgehead atoms. The lowest BCUT2D eigenvalue weighted by molar-refractivity contribution is -0.136. The Morgan fingerprint density at radius 2 is 1.81 bits per heavy atom. The number of hydrogen-bond acceptors (Lipinski definition) is 5. The summed E-state index contributed by atoms with van der Waals surface area (Å²) in [6, 6.07) is 8.63. The Labute approximate surface area is 218 Å². The molecule has 37 heavy (non-hydrogen) atoms. The highest BCUT2D eigenvalue weighted by Gasteiger charge is 2.33. The standard InChI is InChI=1S/C30H37FO6/c1-6-35-13-14-36-25-15-20(2)29(21(3)16-25)26-17-22(11-12-30(26,4)34-5)19-37-24-9-7-23(27(31)18-24)8-10-28(32)33/h7,9,11,15-18H,6,8,10,12-14,19H2,1-5H3,(H,32,33). The van der Waals surface area contributed by atoms with E-state index in [0.717, 1.165) is 33.6 Å². The Kier molecular flexibility index (Phi) is 9.89. The van der Waals surface area contributed by atoms with Crippen LogP contribution in [0.2, 0.25) is 0 Å². The fourth-order valence-electron chi connectivity index (χ4n) is 4.49. The van der Waals surface area contributed by atoms with Crippen LogP contribution in [0, 0.1) is 19.7 Å². The van der Waals surface area contributed by atoms with Crippen molar-refractivity contribution in [3.63, 3.8) is 0 Å². The number of methoxy groups -OCH3 is 1. The highest BCUT2D eigenvalue weighted by Crippen LogP contribution is 2.41. The van der Waals surface area contributed by atoms with Crippen LogP contribution in [-0.4, -0.2) is 50.2 Å². The molecule has 2 aromatic carbocycles. The molecule has 0 aromatic heterocycles. The van der Waals surface area contributed by atoms with Crippen molar-refractivity contribution in [2.75, 3.05) is 33.5 Å². The Bertz CT molecular complexity index is 1150. The molecule has 0 saturated carbocycles. The summed E-state index contributed by atoms with van der Waals surface area (Å²) in [5.74, 6) is -0.214. The van der Waals surface area contributed by atoms with Crippen LogP contribution in [0.5, 0.6) is 11.5 Å². The zero-order valence-corrected chi connectivity index (χ0v) is 22.4. The molecule has 7 heteroatoms. The number of hydrogen-bond donors (Lipinski definition) is 1. The van der Waals surface area contributed by atoms with Gasteiger partial charge in [0.05, 0.1) is 12.2 Å². The van der Waals surface area contributed by atoms with Crippen LogP contribution < -0.4 is 9.47 Å². The van der Waals surface area contributed by atoms with Gasteiger partial charge < -0.3 is 24.1 Å². The number of ether oxygens (including phenoxy) is 4. The predicted octanol–water partition coefficient (Wildman–Crippen LogP) is 6.07. The number of carboxylic acids is 1. The molecule has 3 rings (SSSR count). The summed E-state index contributed by atoms with van der Waals surface area (Å²) in [4.78, 5) is 10.8. The number of benzene rings is 2. The molecular weight excluding hydrogens is 475 g/mol. The Balaban J connectivity index is 1.78. The second-order valence-corrected chi connectivity index (χ2v) is 9.39. The quantitative estimate of drug-likeness (QED) is 0.328. The Morgan fingerprint density at radius 3 is 2.43 bits per heavy atom. The molecule has 1 atom stereocenters. The third-order valence-electron chi connectivity index (χ3n) is 6.62. The van der Waals surface area contributed by atoms with Gasteiger partial charge in [0.15, 0.2) is 0 Å². The number of rotatable bonds is 13. The van der Waals surface area contributed by atoms with E-state index in [-0.39, 0.29) is 19.4 Å². The van der Waals surface area contributed by atoms with Crippen molar-refractivity contribution in [2.45, 2.75) is 52.6 Å². The Morgan fingerprint density at radius 1 is 1.08 bits per heavy atom. The normalized spacial score (nSPS) is 17.2. The molecule has 0 amide bonds. The molecule has 200 valence electrons. The Hall–Kier alpha value is -3.16. The van der Waals surface area contributed by atoms with Crippen LogP contribution in [0.1, 0.15) is 48.9 Å². The van der Waals surface area contributed by atoms with Crippen molar-refractivity contribution in [3.8, 4) is 11.5 Å². The van der Waals surface area contributed by atoms with Crippen LogP contribution >= 0.6 is 0 Å². The fraction of sp³-hybridized carbons (Fsp3) is 0.433. The lowest BCUT2D eigenvalue weighted by atomic mass is 9.78. The molecule has 6 nitrogen and oxygen atoms in total. The third-order valence-corrected chi connectivity index (χ3v) is 6.62. The highest BCUT2D eigenvalue weighted by atomic mass is 19.1. The van der Waals surface area contributed by atoms with Crippen molar-refractivity contribution in [1.29, 1.82) is 0 Å². The van der Waals surface area contributed by atoms with Gasteiger partial charge in [-0.25, -0.2) is 4.39 Å². The van der Waals surface area contributed by atoms with Gasteiger partial charge in [0.1, 0.15) is 30.5 Å². The van der Waals surface area contributed by atoms with Gasteiger partial charge in [-0.3, -0.25) is 4.79 Å². The lowest BCUT2D eigenvalue weighted by Gasteiger charge is -2.35. The average molecular weight is 513 g/mol. The molecule has 0 spiro atoms. The maximum atomic E-state index is 14.4. The van der Waals surface area contributed by atoms with E-state index < -0.39 is 17.4 Å². The molecule has 1 aliphatic rings. The molecular formula is C30H37FO6. The van der Waals surface area contributed by atoms with Gasteiger partial charge in [0.25, 0.3) is 0 Å². The van der Waals surface area contributed by atoms with Gasteiger partial charge in [0, 0.05) is 26.2 Å². The van der Waals surface area contributed by atoms with Crippen LogP contribution in [0.15, 0.2) is 48.1 Å². The van der Waals surface area contributed by atoms with Crippen molar-refractivity contribution < 1.29 is 33.2 Å². The first-order chi connectivity index (χ1) is 17.7. The second-order valence-electron chi connectivity index (χ2n) is 9.39. The van der Waals surface area contributed by atoms with Crippen LogP contribution in [0.3, 0.4) is 0 Å². The minimum Gasteiger partial charge on any atom is -0.491 e. The highest BCUT2D eigenvalue weighted by molar-refractivity contribution is 5.80. The minimum absolute atomic E-state index is 0.116. The average Bonchev–Trinajstić information content (AvgIpc) is 2.86. The molecule has 0 radical (unpaired) electrons. The van der Waals surface area contributed by atoms with E-state index in [1.54, 1.807) is 19.2 Å². The topological polar surface area (TPSA) is 74.2 Å². The molecule has 0 fully saturated rings. The molecule has 2 aromatic rings. The van der Waals surface area contributed by atoms with Crippen molar-refractivity contribution in [3.05, 3.63) is 76.1 Å². The van der Waals surface area contributed by atoms with E-state index in [2.05, 4.69) is 32.9 Å². The summed E-state index contributed by atoms with van der Waals surface area (Å²) in [5, 5.41) is 8.83. The molecule has 0 aliphatic heterocycles. The van der Waals surface area contributed by atoms with Crippen molar-refractivity contribution in [2.24, 2.45) is 0 Å². The summed E-state index contributed by atoms with van der Waals surface area (Å²) in [5.41, 5.74) is 5.16. The minimum atomic E-state index is -0.955. The monoisotopic (exact) mass is 512 g/mol. The first-order valence-electron chi connectivity index (χ1n) is 12.6. The number of aryl methyl sites for hydroxylation is 3. The smallest absolute Gasteiger partial charge is 0.303 e. The molecule has 1 aliphatic carbocycles. The number of aliphatic carboxylic acids is 1. The molecule has 0 saturated heterocycles. The largest absolute Gasteiger partial charge is 0.491 e. The van der Waals surface area contributed by atoms with E-state index in [0.29, 0.717) is 37.6 Å². The molecule has 1 unspecified atom stereocenters. The predicted molar refractivity (Wildman–Crippen MR) is 142 cm³/mol. The summed E-state index contributed by atoms with van der Waals surface area (Å²) < 4.78 is 37.5. The molecule has 1 N–H and O–H groups in total. The lowest BCUT2D eigenvalue weighted by Crippen LogP contribution is -2.31. The van der Waals surface area contributed by atoms with Gasteiger partial charge in [0.2, 0.25) is 0 Å². The van der Waals surface area contributed by atoms with Crippen LogP contribution in [0.4, 0.5) is 4.39 Å². The van der Waals surface area contributed by atoms with Gasteiger partial charge in [-0.2, -0.15) is 0 Å². The maximum Gasteiger partial charge on any atom is 0.303 e. The van der Waals surface area contributed by atoms with E-state index in [9.17, 15) is 9.18 Å². The van der Waals surface area contributed by atoms with Crippen molar-refractivity contribution in [1.82, 2.24) is 0 Å². The van der Waals surface area contributed by atoms with Crippen LogP contribution in [0.25, 0.3) is 5.57 Å². The second kappa shape index (κ2) is 12.9. The fourth-order valence-corrected chi connectivity index (χ4v) is 4.49. The van der Waals surface area contributed by atoms with E-state index in [1.807, 2.05) is 19.1 Å². The first-order valence-corrected chi connectivity index (χ1v) is 12.6. The van der Waals surface area contributed by atoms with Gasteiger partial charge in [-0.05, 0) is 98.2 Å². The summed E-state index contributed by atoms with van der Waals surface area (Å²) in [6.07, 6.45) is 4.87. The zero-order valence-electron chi connectivity index (χ0n) is 22.4. The first kappa shape index (κ1) is 28.4. The van der Waals surface area contributed by atoms with E-state index >= 15 is 0 Å². The summed E-state index contributed by atoms with van der Waals surface area (Å²) >= 11 is 0. The summed E-state index contributed by atoms with van der Waals surface area (Å²) in [6.45, 7) is 10.1. The van der Waals surface area contributed by atoms with Gasteiger partial charge in [-0.1, -0.05) is 12.1 Å². The maximum absolute atomic E-state index is 14.4. The SMILES string of the molecule is CCOCCOc1cc(C)c(C2=CC(COc3ccc(CCC(=O)O)c(F)c3)=CCC2(C)OC)c(C)c1. The number of halogens is 1. The number of carboxylic acid groups (broad SMARTS) is 1. The van der Waals surface area contributed by atoms with Gasteiger partial charge in [-0.15, -0.1) is 0 Å². The third kappa shape index (κ3) is 7.43. The van der Waals surface area contributed by atoms with Crippen molar-refractivity contribution >= 4 is 11.5 Å². The van der Waals surface area contributed by atoms with Gasteiger partial charge >= 0.3 is 5.97 Å². The zero-order chi connectivity index (χ0) is 27.0. The van der Waals surface area contributed by atoms with Crippen LogP contribution in [-0.2, 0) is 20.7 Å². The number of carbonyl (C=O) groups is 1. The van der Waals surface area contributed by atoms with E-state index in [1.165, 1.54) is 6.07 Å². The van der Waals surface area contributed by atoms with E-state index in [4.69, 9.17) is 24.1 Å². The molecule has 0 heterocycles. The summed E-state index contributed by atoms with van der Waals surface area (Å²) in [7, 11) is 1.72.